The molecule has 2 aromatic rings. The van der Waals surface area contributed by atoms with E-state index in [9.17, 15) is 4.79 Å². The fourth-order valence-electron chi connectivity index (χ4n) is 2.90. The molecule has 0 atom stereocenters. The molecule has 1 saturated carbocycles. The van der Waals surface area contributed by atoms with Crippen LogP contribution in [0.2, 0.25) is 0 Å². The van der Waals surface area contributed by atoms with Gasteiger partial charge in [-0.15, -0.1) is 11.3 Å². The Morgan fingerprint density at radius 3 is 2.88 bits per heavy atom. The highest BCUT2D eigenvalue weighted by Gasteiger charge is 2.41. The summed E-state index contributed by atoms with van der Waals surface area (Å²) in [6, 6.07) is -0.307. The van der Waals surface area contributed by atoms with E-state index >= 15 is 0 Å². The number of hydrogen-bond donors (Lipinski definition) is 2. The van der Waals surface area contributed by atoms with E-state index in [1.165, 1.54) is 11.3 Å². The van der Waals surface area contributed by atoms with Crippen molar-refractivity contribution in [3.05, 3.63) is 22.8 Å². The Balaban J connectivity index is 1.69. The molecule has 1 aliphatic rings. The molecule has 8 nitrogen and oxygen atoms in total. The van der Waals surface area contributed by atoms with Crippen molar-refractivity contribution in [1.29, 1.82) is 0 Å². The lowest BCUT2D eigenvalue weighted by Crippen LogP contribution is -2.46. The van der Waals surface area contributed by atoms with Crippen LogP contribution in [-0.4, -0.2) is 28.3 Å². The van der Waals surface area contributed by atoms with Crippen LogP contribution in [0.5, 0.6) is 0 Å². The lowest BCUT2D eigenvalue weighted by atomic mass is 9.97. The lowest BCUT2D eigenvalue weighted by molar-refractivity contribution is 0.182. The number of hydrogen-bond acceptors (Lipinski definition) is 7. The van der Waals surface area contributed by atoms with Crippen molar-refractivity contribution in [2.75, 3.05) is 12.4 Å². The molecule has 2 heterocycles. The van der Waals surface area contributed by atoms with Crippen LogP contribution >= 0.6 is 11.3 Å². The summed E-state index contributed by atoms with van der Waals surface area (Å²) in [5.74, 6) is 1.15. The van der Waals surface area contributed by atoms with E-state index < -0.39 is 5.54 Å². The van der Waals surface area contributed by atoms with E-state index in [1.807, 2.05) is 12.3 Å². The van der Waals surface area contributed by atoms with E-state index in [-0.39, 0.29) is 6.03 Å². The highest BCUT2D eigenvalue weighted by atomic mass is 32.1. The van der Waals surface area contributed by atoms with Crippen molar-refractivity contribution in [3.8, 4) is 0 Å². The van der Waals surface area contributed by atoms with Gasteiger partial charge in [-0.25, -0.2) is 9.78 Å². The third kappa shape index (κ3) is 3.57. The minimum absolute atomic E-state index is 0.307. The van der Waals surface area contributed by atoms with Crippen LogP contribution in [0.25, 0.3) is 0 Å². The van der Waals surface area contributed by atoms with Crippen molar-refractivity contribution >= 4 is 22.5 Å². The van der Waals surface area contributed by atoms with E-state index in [1.54, 1.807) is 7.11 Å². The summed E-state index contributed by atoms with van der Waals surface area (Å²) in [5.41, 5.74) is 0.229. The largest absolute Gasteiger partial charge is 0.378 e. The number of thiazole rings is 1. The first-order valence-electron chi connectivity index (χ1n) is 8.01. The van der Waals surface area contributed by atoms with Gasteiger partial charge in [0.05, 0.1) is 12.3 Å². The number of nitrogens with zero attached hydrogens (tertiary/aromatic N) is 3. The van der Waals surface area contributed by atoms with Crippen LogP contribution < -0.4 is 10.6 Å². The average molecular weight is 351 g/mol. The average Bonchev–Trinajstić information content (AvgIpc) is 3.28. The third-order valence-electron chi connectivity index (χ3n) is 4.07. The zero-order valence-electron chi connectivity index (χ0n) is 13.8. The quantitative estimate of drug-likeness (QED) is 0.830. The third-order valence-corrected chi connectivity index (χ3v) is 4.88. The van der Waals surface area contributed by atoms with Gasteiger partial charge in [-0.1, -0.05) is 24.9 Å². The van der Waals surface area contributed by atoms with Crippen LogP contribution in [0.15, 0.2) is 9.90 Å². The van der Waals surface area contributed by atoms with Gasteiger partial charge in [0.25, 0.3) is 0 Å². The second kappa shape index (κ2) is 7.27. The van der Waals surface area contributed by atoms with Crippen LogP contribution in [0.3, 0.4) is 0 Å². The monoisotopic (exact) mass is 351 g/mol. The van der Waals surface area contributed by atoms with Gasteiger partial charge in [0.2, 0.25) is 5.89 Å². The lowest BCUT2D eigenvalue weighted by Gasteiger charge is -2.26. The Bertz CT molecular complexity index is 693. The molecule has 0 radical (unpaired) electrons. The van der Waals surface area contributed by atoms with Gasteiger partial charge in [0, 0.05) is 18.9 Å². The Labute approximate surface area is 144 Å². The molecule has 1 aliphatic carbocycles. The molecule has 0 bridgehead atoms. The van der Waals surface area contributed by atoms with Gasteiger partial charge < -0.3 is 14.6 Å². The van der Waals surface area contributed by atoms with Gasteiger partial charge in [0.15, 0.2) is 11.0 Å². The van der Waals surface area contributed by atoms with Crippen LogP contribution in [-0.2, 0) is 23.3 Å². The molecule has 2 aromatic heterocycles. The summed E-state index contributed by atoms with van der Waals surface area (Å²) in [6.45, 7) is 2.38. The number of urea groups is 1. The number of rotatable bonds is 6. The predicted octanol–water partition coefficient (Wildman–Crippen LogP) is 2.83. The molecule has 2 N–H and O–H groups in total. The van der Waals surface area contributed by atoms with E-state index in [0.717, 1.165) is 31.4 Å². The Hall–Kier alpha value is -2.00. The maximum Gasteiger partial charge on any atom is 0.321 e. The topological polar surface area (TPSA) is 102 Å². The van der Waals surface area contributed by atoms with Gasteiger partial charge in [-0.05, 0) is 12.8 Å². The summed E-state index contributed by atoms with van der Waals surface area (Å²) in [7, 11) is 1.61. The highest BCUT2D eigenvalue weighted by Crippen LogP contribution is 2.37. The number of anilines is 1. The predicted molar refractivity (Wildman–Crippen MR) is 88.8 cm³/mol. The Morgan fingerprint density at radius 1 is 1.42 bits per heavy atom. The molecule has 0 unspecified atom stereocenters. The van der Waals surface area contributed by atoms with Crippen molar-refractivity contribution in [1.82, 2.24) is 20.4 Å². The minimum Gasteiger partial charge on any atom is -0.378 e. The number of carbonyl (C=O) groups is 1. The summed E-state index contributed by atoms with van der Waals surface area (Å²) >= 11 is 1.37. The van der Waals surface area contributed by atoms with Crippen LogP contribution in [0.1, 0.15) is 50.0 Å². The first kappa shape index (κ1) is 16.8. The van der Waals surface area contributed by atoms with Crippen molar-refractivity contribution in [3.63, 3.8) is 0 Å². The molecule has 3 rings (SSSR count). The maximum absolute atomic E-state index is 12.4. The van der Waals surface area contributed by atoms with Crippen LogP contribution in [0, 0.1) is 0 Å². The SMILES string of the molecule is CCc1nc(C2(NC(=O)Nc3nc(COC)cs3)CCCC2)no1. The number of ether oxygens (including phenoxy) is 1. The fraction of sp³-hybridized carbons (Fsp3) is 0.600. The molecular weight excluding hydrogens is 330 g/mol. The Kier molecular flexibility index (Phi) is 5.10. The smallest absolute Gasteiger partial charge is 0.321 e. The number of carbonyl (C=O) groups excluding carboxylic acids is 1. The fourth-order valence-corrected chi connectivity index (χ4v) is 3.59. The molecule has 0 spiro atoms. The molecular formula is C15H21N5O3S. The summed E-state index contributed by atoms with van der Waals surface area (Å²) in [4.78, 5) is 21.1. The number of nitrogens with one attached hydrogen (secondary N) is 2. The molecule has 0 aromatic carbocycles. The van der Waals surface area contributed by atoms with Gasteiger partial charge in [0.1, 0.15) is 5.54 Å². The van der Waals surface area contributed by atoms with E-state index in [4.69, 9.17) is 9.26 Å². The van der Waals surface area contributed by atoms with Crippen molar-refractivity contribution in [2.24, 2.45) is 0 Å². The number of methoxy groups -OCH3 is 1. The summed E-state index contributed by atoms with van der Waals surface area (Å²) in [6.07, 6.45) is 4.32. The molecule has 130 valence electrons. The normalized spacial score (nSPS) is 16.2. The van der Waals surface area contributed by atoms with Crippen LogP contribution in [0.4, 0.5) is 9.93 Å². The van der Waals surface area contributed by atoms with Gasteiger partial charge in [-0.2, -0.15) is 4.98 Å². The molecule has 1 fully saturated rings. The summed E-state index contributed by atoms with van der Waals surface area (Å²) < 4.78 is 10.3. The Morgan fingerprint density at radius 2 is 2.21 bits per heavy atom. The minimum atomic E-state index is -0.562. The van der Waals surface area contributed by atoms with E-state index in [0.29, 0.717) is 29.9 Å². The number of aryl methyl sites for hydroxylation is 1. The number of aromatic nitrogens is 3. The second-order valence-corrected chi connectivity index (χ2v) is 6.67. The summed E-state index contributed by atoms with van der Waals surface area (Å²) in [5, 5.41) is 12.3. The first-order chi connectivity index (χ1) is 11.6. The maximum atomic E-state index is 12.4. The second-order valence-electron chi connectivity index (χ2n) is 5.81. The molecule has 0 aliphatic heterocycles. The molecule has 9 heteroatoms. The molecule has 0 saturated heterocycles. The zero-order valence-corrected chi connectivity index (χ0v) is 14.6. The zero-order chi connectivity index (χ0) is 17.0. The molecule has 2 amide bonds. The highest BCUT2D eigenvalue weighted by molar-refractivity contribution is 7.13. The van der Waals surface area contributed by atoms with Crippen molar-refractivity contribution in [2.45, 2.75) is 51.2 Å². The van der Waals surface area contributed by atoms with E-state index in [2.05, 4.69) is 25.8 Å². The van der Waals surface area contributed by atoms with Crippen molar-refractivity contribution < 1.29 is 14.1 Å². The first-order valence-corrected chi connectivity index (χ1v) is 8.89. The standard InChI is InChI=1S/C15H21N5O3S/c1-3-11-17-12(20-23-11)15(6-4-5-7-15)19-13(21)18-14-16-10(8-22-2)9-24-14/h9H,3-8H2,1-2H3,(H2,16,18,19,21). The van der Waals surface area contributed by atoms with Gasteiger partial charge >= 0.3 is 6.03 Å². The molecule has 24 heavy (non-hydrogen) atoms. The number of amides is 2. The van der Waals surface area contributed by atoms with Gasteiger partial charge in [-0.3, -0.25) is 5.32 Å².